The summed E-state index contributed by atoms with van der Waals surface area (Å²) in [4.78, 5) is 25.4. The van der Waals surface area contributed by atoms with Gasteiger partial charge in [-0.25, -0.2) is 0 Å². The second kappa shape index (κ2) is 8.74. The Morgan fingerprint density at radius 1 is 1.41 bits per heavy atom. The topological polar surface area (TPSA) is 82.0 Å². The summed E-state index contributed by atoms with van der Waals surface area (Å²) < 4.78 is 0.929. The van der Waals surface area contributed by atoms with Crippen molar-refractivity contribution >= 4 is 56.5 Å². The van der Waals surface area contributed by atoms with Gasteiger partial charge in [-0.2, -0.15) is 5.26 Å². The Kier molecular flexibility index (Phi) is 6.37. The van der Waals surface area contributed by atoms with E-state index in [0.29, 0.717) is 16.3 Å². The molecule has 8 heteroatoms. The predicted octanol–water partition coefficient (Wildman–Crippen LogP) is 4.53. The molecule has 1 atom stereocenters. The smallest absolute Gasteiger partial charge is 0.234 e. The fourth-order valence-electron chi connectivity index (χ4n) is 2.77. The number of rotatable bonds is 5. The molecule has 2 aromatic rings. The van der Waals surface area contributed by atoms with E-state index in [-0.39, 0.29) is 29.9 Å². The van der Waals surface area contributed by atoms with Crippen molar-refractivity contribution < 1.29 is 9.59 Å². The third kappa shape index (κ3) is 4.80. The Morgan fingerprint density at radius 3 is 2.78 bits per heavy atom. The van der Waals surface area contributed by atoms with Gasteiger partial charge in [0.25, 0.3) is 0 Å². The molecule has 0 bridgehead atoms. The summed E-state index contributed by atoms with van der Waals surface area (Å²) in [6.45, 7) is 1.98. The van der Waals surface area contributed by atoms with Gasteiger partial charge in [-0.05, 0) is 48.2 Å². The molecular weight excluding hydrogens is 446 g/mol. The number of nitrogens with zero attached hydrogens (tertiary/aromatic N) is 1. The zero-order valence-electron chi connectivity index (χ0n) is 14.4. The van der Waals surface area contributed by atoms with Crippen LogP contribution in [0.4, 0.5) is 5.69 Å². The molecule has 1 aliphatic rings. The first-order valence-electron chi connectivity index (χ1n) is 8.14. The summed E-state index contributed by atoms with van der Waals surface area (Å²) in [6.07, 6.45) is 0.249. The molecule has 1 aromatic heterocycles. The maximum absolute atomic E-state index is 12.2. The number of amides is 2. The monoisotopic (exact) mass is 461 g/mol. The molecule has 2 heterocycles. The van der Waals surface area contributed by atoms with E-state index in [2.05, 4.69) is 32.6 Å². The molecule has 0 saturated heterocycles. The summed E-state index contributed by atoms with van der Waals surface area (Å²) in [5.41, 5.74) is 2.28. The van der Waals surface area contributed by atoms with Crippen molar-refractivity contribution in [2.45, 2.75) is 19.3 Å². The van der Waals surface area contributed by atoms with Gasteiger partial charge < -0.3 is 10.6 Å². The van der Waals surface area contributed by atoms with Crippen LogP contribution < -0.4 is 10.6 Å². The second-order valence-electron chi connectivity index (χ2n) is 5.97. The average Bonchev–Trinajstić information content (AvgIpc) is 3.07. The summed E-state index contributed by atoms with van der Waals surface area (Å²) >= 11 is 6.08. The third-order valence-corrected chi connectivity index (χ3v) is 6.73. The maximum Gasteiger partial charge on any atom is 0.234 e. The van der Waals surface area contributed by atoms with Crippen LogP contribution in [-0.2, 0) is 9.59 Å². The van der Waals surface area contributed by atoms with Crippen molar-refractivity contribution in [3.05, 3.63) is 61.2 Å². The average molecular weight is 462 g/mol. The van der Waals surface area contributed by atoms with Gasteiger partial charge in [0.1, 0.15) is 0 Å². The van der Waals surface area contributed by atoms with Crippen LogP contribution in [0.5, 0.6) is 0 Å². The Balaban J connectivity index is 1.73. The lowest BCUT2D eigenvalue weighted by atomic mass is 9.91. The predicted molar refractivity (Wildman–Crippen MR) is 112 cm³/mol. The largest absolute Gasteiger partial charge is 0.325 e. The number of carbonyl (C=O) groups is 2. The first-order chi connectivity index (χ1) is 13.0. The molecule has 5 nitrogen and oxygen atoms in total. The number of aryl methyl sites for hydroxylation is 1. The number of allylic oxidation sites excluding steroid dienone is 1. The van der Waals surface area contributed by atoms with Crippen molar-refractivity contribution in [2.75, 3.05) is 11.1 Å². The highest BCUT2D eigenvalue weighted by Gasteiger charge is 2.31. The number of thiophene rings is 1. The van der Waals surface area contributed by atoms with Crippen molar-refractivity contribution in [2.24, 2.45) is 0 Å². The van der Waals surface area contributed by atoms with Crippen molar-refractivity contribution in [1.29, 1.82) is 5.26 Å². The van der Waals surface area contributed by atoms with Crippen LogP contribution in [0, 0.1) is 18.3 Å². The lowest BCUT2D eigenvalue weighted by Crippen LogP contribution is -2.31. The van der Waals surface area contributed by atoms with E-state index < -0.39 is 0 Å². The Labute approximate surface area is 174 Å². The van der Waals surface area contributed by atoms with Crippen LogP contribution in [-0.4, -0.2) is 17.6 Å². The minimum atomic E-state index is -0.249. The normalized spacial score (nSPS) is 16.6. The summed E-state index contributed by atoms with van der Waals surface area (Å²) in [5, 5.41) is 17.7. The number of nitriles is 1. The van der Waals surface area contributed by atoms with E-state index in [1.54, 1.807) is 23.5 Å². The van der Waals surface area contributed by atoms with E-state index >= 15 is 0 Å². The Bertz CT molecular complexity index is 945. The fourth-order valence-corrected chi connectivity index (χ4v) is 4.95. The molecule has 1 aromatic carbocycles. The molecule has 0 aliphatic carbocycles. The van der Waals surface area contributed by atoms with Gasteiger partial charge in [-0.3, -0.25) is 9.59 Å². The molecule has 138 valence electrons. The lowest BCUT2D eigenvalue weighted by molar-refractivity contribution is -0.121. The van der Waals surface area contributed by atoms with Crippen LogP contribution >= 0.6 is 39.0 Å². The standard InChI is InChI=1S/C19H16BrN3O2S2/c1-11-6-7-26-18(11)14-8-16(24)23-19(15(14)9-21)27-10-17(25)22-13-4-2-12(20)3-5-13/h2-7,14H,8,10H2,1H3,(H,22,25)(H,23,24). The molecule has 0 fully saturated rings. The number of nitrogens with one attached hydrogen (secondary N) is 2. The second-order valence-corrected chi connectivity index (χ2v) is 8.82. The van der Waals surface area contributed by atoms with Crippen LogP contribution in [0.15, 0.2) is 50.8 Å². The van der Waals surface area contributed by atoms with Crippen LogP contribution in [0.3, 0.4) is 0 Å². The maximum atomic E-state index is 12.2. The molecule has 2 amide bonds. The highest BCUT2D eigenvalue weighted by molar-refractivity contribution is 9.10. The minimum Gasteiger partial charge on any atom is -0.325 e. The van der Waals surface area contributed by atoms with Gasteiger partial charge in [0.05, 0.1) is 22.4 Å². The SMILES string of the molecule is Cc1ccsc1C1CC(=O)NC(SCC(=O)Nc2ccc(Br)cc2)=C1C#N. The molecule has 2 N–H and O–H groups in total. The van der Waals surface area contributed by atoms with E-state index in [1.165, 1.54) is 11.8 Å². The number of benzene rings is 1. The van der Waals surface area contributed by atoms with Crippen molar-refractivity contribution in [3.8, 4) is 6.07 Å². The fraction of sp³-hybridized carbons (Fsp3) is 0.211. The zero-order valence-corrected chi connectivity index (χ0v) is 17.6. The zero-order chi connectivity index (χ0) is 19.4. The minimum absolute atomic E-state index is 0.104. The number of anilines is 1. The van der Waals surface area contributed by atoms with E-state index in [4.69, 9.17) is 0 Å². The lowest BCUT2D eigenvalue weighted by Gasteiger charge is -2.24. The van der Waals surface area contributed by atoms with E-state index in [1.807, 2.05) is 30.5 Å². The van der Waals surface area contributed by atoms with Crippen molar-refractivity contribution in [1.82, 2.24) is 5.32 Å². The molecule has 3 rings (SSSR count). The Morgan fingerprint density at radius 2 is 2.15 bits per heavy atom. The molecule has 27 heavy (non-hydrogen) atoms. The molecular formula is C19H16BrN3O2S2. The first kappa shape index (κ1) is 19.7. The van der Waals surface area contributed by atoms with Gasteiger partial charge >= 0.3 is 0 Å². The first-order valence-corrected chi connectivity index (χ1v) is 10.8. The number of halogens is 1. The van der Waals surface area contributed by atoms with Crippen LogP contribution in [0.25, 0.3) is 0 Å². The molecule has 1 unspecified atom stereocenters. The van der Waals surface area contributed by atoms with Gasteiger partial charge in [-0.1, -0.05) is 27.7 Å². The molecule has 0 radical (unpaired) electrons. The Hall–Kier alpha value is -2.08. The summed E-state index contributed by atoms with van der Waals surface area (Å²) in [6, 6.07) is 11.5. The van der Waals surface area contributed by atoms with E-state index in [0.717, 1.165) is 14.9 Å². The third-order valence-electron chi connectivity index (χ3n) is 4.05. The number of carbonyl (C=O) groups excluding carboxylic acids is 2. The summed E-state index contributed by atoms with van der Waals surface area (Å²) in [5.74, 6) is -0.480. The number of thioether (sulfide) groups is 1. The summed E-state index contributed by atoms with van der Waals surface area (Å²) in [7, 11) is 0. The van der Waals surface area contributed by atoms with Gasteiger partial charge in [0.15, 0.2) is 0 Å². The molecule has 1 aliphatic heterocycles. The van der Waals surface area contributed by atoms with Gasteiger partial charge in [0, 0.05) is 27.4 Å². The highest BCUT2D eigenvalue weighted by Crippen LogP contribution is 2.39. The quantitative estimate of drug-likeness (QED) is 0.684. The van der Waals surface area contributed by atoms with Crippen LogP contribution in [0.2, 0.25) is 0 Å². The number of hydrogen-bond donors (Lipinski definition) is 2. The highest BCUT2D eigenvalue weighted by atomic mass is 79.9. The molecule has 0 saturated carbocycles. The van der Waals surface area contributed by atoms with Gasteiger partial charge in [0.2, 0.25) is 11.8 Å². The van der Waals surface area contributed by atoms with Crippen LogP contribution in [0.1, 0.15) is 22.8 Å². The number of hydrogen-bond acceptors (Lipinski definition) is 5. The van der Waals surface area contributed by atoms with Gasteiger partial charge in [-0.15, -0.1) is 11.3 Å². The molecule has 0 spiro atoms. The van der Waals surface area contributed by atoms with E-state index in [9.17, 15) is 14.9 Å². The van der Waals surface area contributed by atoms with Crippen molar-refractivity contribution in [3.63, 3.8) is 0 Å².